The third-order valence-corrected chi connectivity index (χ3v) is 5.29. The highest BCUT2D eigenvalue weighted by Crippen LogP contribution is 2.37. The summed E-state index contributed by atoms with van der Waals surface area (Å²) in [6.07, 6.45) is 8.71. The highest BCUT2D eigenvalue weighted by atomic mass is 127. The highest BCUT2D eigenvalue weighted by Gasteiger charge is 2.10. The van der Waals surface area contributed by atoms with Gasteiger partial charge in [-0.2, -0.15) is 0 Å². The molecule has 0 nitrogen and oxygen atoms in total. The average Bonchev–Trinajstić information content (AvgIpc) is 1.90. The van der Waals surface area contributed by atoms with E-state index in [4.69, 9.17) is 0 Å². The first-order valence-electron chi connectivity index (χ1n) is 3.29. The van der Waals surface area contributed by atoms with Crippen LogP contribution in [0.4, 0.5) is 0 Å². The molecule has 0 amide bonds. The maximum absolute atomic E-state index is 2.53. The van der Waals surface area contributed by atoms with E-state index < -0.39 is 0 Å². The molecule has 0 aromatic rings. The van der Waals surface area contributed by atoms with Crippen molar-refractivity contribution in [1.29, 1.82) is 0 Å². The largest absolute Gasteiger partial charge is 0.0569 e. The van der Waals surface area contributed by atoms with E-state index >= 15 is 0 Å². The third kappa shape index (κ3) is 2.18. The van der Waals surface area contributed by atoms with Gasteiger partial charge in [0.05, 0.1) is 0 Å². The van der Waals surface area contributed by atoms with Gasteiger partial charge >= 0.3 is 0 Å². The zero-order valence-corrected chi connectivity index (χ0v) is 8.15. The van der Waals surface area contributed by atoms with Gasteiger partial charge in [-0.25, -0.2) is 0 Å². The molecule has 8 heavy (non-hydrogen) atoms. The highest BCUT2D eigenvalue weighted by molar-refractivity contribution is 14.2. The summed E-state index contributed by atoms with van der Waals surface area (Å²) in [5, 5.41) is 0. The topological polar surface area (TPSA) is 0 Å². The van der Waals surface area contributed by atoms with Crippen molar-refractivity contribution in [1.82, 2.24) is 0 Å². The average molecular weight is 242 g/mol. The van der Waals surface area contributed by atoms with Gasteiger partial charge in [-0.3, -0.25) is 0 Å². The summed E-state index contributed by atoms with van der Waals surface area (Å²) in [4.78, 5) is 0. The number of hydrogen-bond donors (Lipinski definition) is 0. The molecule has 2 heteroatoms. The van der Waals surface area contributed by atoms with Gasteiger partial charge in [0.25, 0.3) is 0 Å². The van der Waals surface area contributed by atoms with E-state index in [1.165, 1.54) is 38.3 Å². The molecule has 1 fully saturated rings. The fraction of sp³-hybridized carbons (Fsp3) is 1.00. The molecular weight excluding hydrogens is 230 g/mol. The van der Waals surface area contributed by atoms with E-state index in [1.807, 2.05) is 0 Å². The van der Waals surface area contributed by atoms with Gasteiger partial charge in [-0.05, 0) is 18.5 Å². The molecule has 0 saturated heterocycles. The summed E-state index contributed by atoms with van der Waals surface area (Å²) in [5.41, 5.74) is 1.10. The summed E-state index contributed by atoms with van der Waals surface area (Å²) in [5.74, 6) is 0. The van der Waals surface area contributed by atoms with Crippen LogP contribution in [-0.4, -0.2) is 5.66 Å². The van der Waals surface area contributed by atoms with Crippen LogP contribution < -0.4 is 0 Å². The van der Waals surface area contributed by atoms with E-state index in [0.29, 0.717) is 0 Å². The predicted molar refractivity (Wildman–Crippen MR) is 49.2 cm³/mol. The van der Waals surface area contributed by atoms with Gasteiger partial charge in [-0.15, -0.1) is 0 Å². The Balaban J connectivity index is 2.13. The van der Waals surface area contributed by atoms with E-state index in [1.54, 1.807) is 0 Å². The first-order chi connectivity index (χ1) is 3.93. The lowest BCUT2D eigenvalue weighted by Gasteiger charge is -2.18. The normalized spacial score (nSPS) is 25.1. The quantitative estimate of drug-likeness (QED) is 0.488. The molecule has 1 saturated carbocycles. The zero-order chi connectivity index (χ0) is 5.82. The van der Waals surface area contributed by atoms with E-state index in [9.17, 15) is 0 Å². The van der Waals surface area contributed by atoms with Crippen LogP contribution in [0.15, 0.2) is 0 Å². The van der Waals surface area contributed by atoms with Gasteiger partial charge in [0.1, 0.15) is 0 Å². The van der Waals surface area contributed by atoms with Crippen molar-refractivity contribution in [2.45, 2.75) is 37.8 Å². The minimum atomic E-state index is 1.10. The molecule has 1 rings (SSSR count). The second kappa shape index (κ2) is 4.05. The molecule has 0 spiro atoms. The fourth-order valence-electron chi connectivity index (χ4n) is 1.21. The number of hydrogen-bond acceptors (Lipinski definition) is 0. The lowest BCUT2D eigenvalue weighted by molar-refractivity contribution is 0.515. The van der Waals surface area contributed by atoms with Crippen LogP contribution in [0, 0.1) is 0 Å². The molecule has 1 atom stereocenters. The molecule has 0 bridgehead atoms. The van der Waals surface area contributed by atoms with Crippen LogP contribution in [-0.2, 0) is 0 Å². The molecule has 1 aliphatic carbocycles. The maximum Gasteiger partial charge on any atom is -0.0146 e. The van der Waals surface area contributed by atoms with Crippen molar-refractivity contribution in [2.75, 3.05) is 0 Å². The standard InChI is InChI=1S/C6H12IP/c7-8-6-4-2-1-3-5-6/h6,8H,1-5H2. The zero-order valence-electron chi connectivity index (χ0n) is 4.99. The van der Waals surface area contributed by atoms with Crippen molar-refractivity contribution in [3.8, 4) is 0 Å². The molecule has 0 N–H and O–H groups in total. The van der Waals surface area contributed by atoms with Crippen molar-refractivity contribution >= 4 is 28.3 Å². The van der Waals surface area contributed by atoms with Crippen LogP contribution >= 0.6 is 28.3 Å². The maximum atomic E-state index is 2.53. The van der Waals surface area contributed by atoms with E-state index in [0.717, 1.165) is 5.66 Å². The smallest absolute Gasteiger partial charge is 0.0146 e. The summed E-state index contributed by atoms with van der Waals surface area (Å²) in [6.45, 7) is 0. The molecule has 0 aromatic heterocycles. The monoisotopic (exact) mass is 242 g/mol. The van der Waals surface area contributed by atoms with Crippen LogP contribution in [0.1, 0.15) is 32.1 Å². The first kappa shape index (κ1) is 7.27. The van der Waals surface area contributed by atoms with E-state index in [2.05, 4.69) is 22.0 Å². The van der Waals surface area contributed by atoms with Crippen LogP contribution in [0.2, 0.25) is 0 Å². The number of rotatable bonds is 1. The Labute approximate surface area is 66.1 Å². The molecule has 48 valence electrons. The lowest BCUT2D eigenvalue weighted by Crippen LogP contribution is -2.04. The van der Waals surface area contributed by atoms with E-state index in [-0.39, 0.29) is 0 Å². The third-order valence-electron chi connectivity index (χ3n) is 1.76. The SMILES string of the molecule is IPC1CCCCC1. The molecular formula is C6H12IP. The Bertz CT molecular complexity index is 59.5. The Kier molecular flexibility index (Phi) is 3.68. The molecule has 0 radical (unpaired) electrons. The molecule has 0 aromatic carbocycles. The molecule has 0 aliphatic heterocycles. The Hall–Kier alpha value is 1.16. The molecule has 0 heterocycles. The summed E-state index contributed by atoms with van der Waals surface area (Å²) < 4.78 is 0. The van der Waals surface area contributed by atoms with Crippen molar-refractivity contribution in [3.63, 3.8) is 0 Å². The first-order valence-corrected chi connectivity index (χ1v) is 7.49. The van der Waals surface area contributed by atoms with Crippen LogP contribution in [0.3, 0.4) is 0 Å². The van der Waals surface area contributed by atoms with Crippen LogP contribution in [0.5, 0.6) is 0 Å². The second-order valence-electron chi connectivity index (χ2n) is 2.44. The van der Waals surface area contributed by atoms with Crippen molar-refractivity contribution < 1.29 is 0 Å². The molecule has 1 aliphatic rings. The van der Waals surface area contributed by atoms with Gasteiger partial charge in [0.15, 0.2) is 0 Å². The predicted octanol–water partition coefficient (Wildman–Crippen LogP) is 3.35. The minimum Gasteiger partial charge on any atom is -0.0569 e. The number of halogens is 1. The van der Waals surface area contributed by atoms with Gasteiger partial charge in [0, 0.05) is 0 Å². The summed E-state index contributed by atoms with van der Waals surface area (Å²) in [7, 11) is 0. The van der Waals surface area contributed by atoms with Gasteiger partial charge < -0.3 is 0 Å². The second-order valence-corrected chi connectivity index (χ2v) is 5.35. The van der Waals surface area contributed by atoms with Gasteiger partial charge in [-0.1, -0.05) is 47.5 Å². The van der Waals surface area contributed by atoms with Crippen molar-refractivity contribution in [2.24, 2.45) is 0 Å². The van der Waals surface area contributed by atoms with Crippen LogP contribution in [0.25, 0.3) is 0 Å². The Morgan fingerprint density at radius 1 is 1.12 bits per heavy atom. The van der Waals surface area contributed by atoms with Crippen molar-refractivity contribution in [3.05, 3.63) is 0 Å². The fourth-order valence-corrected chi connectivity index (χ4v) is 3.71. The Morgan fingerprint density at radius 2 is 1.75 bits per heavy atom. The summed E-state index contributed by atoms with van der Waals surface area (Å²) >= 11 is 2.53. The Morgan fingerprint density at radius 3 is 2.12 bits per heavy atom. The van der Waals surface area contributed by atoms with Gasteiger partial charge in [0.2, 0.25) is 0 Å². The summed E-state index contributed by atoms with van der Waals surface area (Å²) in [6, 6.07) is 0. The minimum absolute atomic E-state index is 1.10. The lowest BCUT2D eigenvalue weighted by atomic mass is 10.0. The molecule has 1 unspecified atom stereocenters.